The average Bonchev–Trinajstić information content (AvgIpc) is 3.50. The highest BCUT2D eigenvalue weighted by Gasteiger charge is 2.51. The van der Waals surface area contributed by atoms with Gasteiger partial charge >= 0.3 is 0 Å². The summed E-state index contributed by atoms with van der Waals surface area (Å²) >= 11 is 0. The summed E-state index contributed by atoms with van der Waals surface area (Å²) in [6, 6.07) is 50.3. The van der Waals surface area contributed by atoms with Gasteiger partial charge in [-0.3, -0.25) is 0 Å². The topological polar surface area (TPSA) is 14.2 Å². The van der Waals surface area contributed by atoms with E-state index < -0.39 is 5.41 Å². The molecule has 0 radical (unpaired) electrons. The molecule has 39 heavy (non-hydrogen) atoms. The number of aromatic nitrogens is 1. The highest BCUT2D eigenvalue weighted by atomic mass is 16.5. The summed E-state index contributed by atoms with van der Waals surface area (Å²) in [4.78, 5) is 0. The number of ether oxygens (including phenoxy) is 1. The molecule has 2 heteroatoms. The fraction of sp³-hybridized carbons (Fsp3) is 0.0270. The molecule has 6 aromatic carbocycles. The molecule has 2 nitrogen and oxygen atoms in total. The van der Waals surface area contributed by atoms with Crippen LogP contribution in [0.2, 0.25) is 0 Å². The fourth-order valence-corrected chi connectivity index (χ4v) is 7.19. The number of rotatable bonds is 2. The molecule has 0 N–H and O–H groups in total. The van der Waals surface area contributed by atoms with Gasteiger partial charge in [-0.25, -0.2) is 0 Å². The molecule has 7 aromatic rings. The minimum absolute atomic E-state index is 0.434. The highest BCUT2D eigenvalue weighted by molar-refractivity contribution is 6.09. The maximum Gasteiger partial charge on any atom is 0.134 e. The van der Waals surface area contributed by atoms with Crippen molar-refractivity contribution >= 4 is 21.8 Å². The first-order valence-corrected chi connectivity index (χ1v) is 13.5. The molecular weight excluding hydrogens is 474 g/mol. The van der Waals surface area contributed by atoms with Crippen molar-refractivity contribution in [3.8, 4) is 28.3 Å². The van der Waals surface area contributed by atoms with Crippen LogP contribution in [-0.2, 0) is 5.41 Å². The largest absolute Gasteiger partial charge is 0.457 e. The van der Waals surface area contributed by atoms with Gasteiger partial charge in [-0.05, 0) is 46.5 Å². The van der Waals surface area contributed by atoms with Crippen molar-refractivity contribution in [3.05, 3.63) is 162 Å². The van der Waals surface area contributed by atoms with Crippen molar-refractivity contribution < 1.29 is 4.74 Å². The average molecular weight is 498 g/mol. The highest BCUT2D eigenvalue weighted by Crippen LogP contribution is 2.63. The van der Waals surface area contributed by atoms with Crippen LogP contribution in [0.3, 0.4) is 0 Å². The summed E-state index contributed by atoms with van der Waals surface area (Å²) in [7, 11) is 0. The Labute approximate surface area is 226 Å². The predicted molar refractivity (Wildman–Crippen MR) is 158 cm³/mol. The lowest BCUT2D eigenvalue weighted by atomic mass is 9.66. The number of para-hydroxylation sites is 2. The van der Waals surface area contributed by atoms with Gasteiger partial charge in [0.15, 0.2) is 0 Å². The molecule has 1 unspecified atom stereocenters. The van der Waals surface area contributed by atoms with Gasteiger partial charge < -0.3 is 9.30 Å². The number of hydrogen-bond donors (Lipinski definition) is 0. The zero-order chi connectivity index (χ0) is 25.6. The van der Waals surface area contributed by atoms with E-state index in [2.05, 4.69) is 144 Å². The van der Waals surface area contributed by atoms with Crippen molar-refractivity contribution in [1.29, 1.82) is 0 Å². The Hall–Kier alpha value is -5.08. The lowest BCUT2D eigenvalue weighted by molar-refractivity contribution is 0.438. The van der Waals surface area contributed by atoms with Crippen LogP contribution in [-0.4, -0.2) is 4.57 Å². The van der Waals surface area contributed by atoms with E-state index >= 15 is 0 Å². The summed E-state index contributed by atoms with van der Waals surface area (Å²) in [5.74, 6) is 1.83. The molecule has 0 spiro atoms. The van der Waals surface area contributed by atoms with E-state index in [1.165, 1.54) is 55.2 Å². The van der Waals surface area contributed by atoms with Crippen molar-refractivity contribution in [2.45, 2.75) is 5.41 Å². The molecule has 0 saturated carbocycles. The third-order valence-electron chi connectivity index (χ3n) is 8.66. The van der Waals surface area contributed by atoms with E-state index in [0.717, 1.165) is 17.2 Å². The third kappa shape index (κ3) is 2.56. The molecule has 0 amide bonds. The van der Waals surface area contributed by atoms with Crippen LogP contribution in [0.15, 0.2) is 140 Å². The van der Waals surface area contributed by atoms with Gasteiger partial charge in [0.25, 0.3) is 0 Å². The van der Waals surface area contributed by atoms with Gasteiger partial charge in [0.1, 0.15) is 11.5 Å². The lowest BCUT2D eigenvalue weighted by Crippen LogP contribution is -2.32. The second-order valence-corrected chi connectivity index (χ2v) is 10.5. The van der Waals surface area contributed by atoms with Crippen LogP contribution in [0.5, 0.6) is 11.5 Å². The first-order chi connectivity index (χ1) is 19.4. The van der Waals surface area contributed by atoms with Crippen LogP contribution in [0.1, 0.15) is 22.3 Å². The van der Waals surface area contributed by atoms with E-state index in [9.17, 15) is 0 Å². The van der Waals surface area contributed by atoms with Crippen molar-refractivity contribution in [3.63, 3.8) is 0 Å². The Morgan fingerprint density at radius 1 is 0.487 bits per heavy atom. The molecule has 0 saturated heterocycles. The standard InChI is InChI=1S/C37H23NO/c1-2-11-24(12-3-1)37-30-17-7-4-13-26(30)29-16-10-20-34(36(29)37)39-35-23-25(21-22-31(35)37)38-32-18-8-5-14-27(32)28-15-6-9-19-33(28)38/h1-23H. The van der Waals surface area contributed by atoms with Gasteiger partial charge in [0, 0.05) is 33.7 Å². The molecule has 1 atom stereocenters. The fourth-order valence-electron chi connectivity index (χ4n) is 7.19. The number of hydrogen-bond acceptors (Lipinski definition) is 1. The third-order valence-corrected chi connectivity index (χ3v) is 8.66. The second-order valence-electron chi connectivity index (χ2n) is 10.5. The van der Waals surface area contributed by atoms with E-state index in [1.54, 1.807) is 0 Å². The molecule has 0 bridgehead atoms. The van der Waals surface area contributed by atoms with Gasteiger partial charge in [0.05, 0.1) is 16.4 Å². The number of nitrogens with zero attached hydrogens (tertiary/aromatic N) is 1. The van der Waals surface area contributed by atoms with E-state index in [1.807, 2.05) is 0 Å². The molecule has 2 heterocycles. The molecule has 1 aromatic heterocycles. The molecule has 0 fully saturated rings. The Kier molecular flexibility index (Phi) is 4.02. The molecule has 182 valence electrons. The van der Waals surface area contributed by atoms with Gasteiger partial charge in [-0.15, -0.1) is 0 Å². The number of benzene rings is 6. The summed E-state index contributed by atoms with van der Waals surface area (Å²) in [6.45, 7) is 0. The van der Waals surface area contributed by atoms with Gasteiger partial charge in [-0.1, -0.05) is 109 Å². The van der Waals surface area contributed by atoms with Gasteiger partial charge in [0.2, 0.25) is 0 Å². The van der Waals surface area contributed by atoms with E-state index in [-0.39, 0.29) is 0 Å². The molecule has 2 aliphatic rings. The van der Waals surface area contributed by atoms with Crippen LogP contribution < -0.4 is 4.74 Å². The summed E-state index contributed by atoms with van der Waals surface area (Å²) in [6.07, 6.45) is 0. The smallest absolute Gasteiger partial charge is 0.134 e. The van der Waals surface area contributed by atoms with Gasteiger partial charge in [-0.2, -0.15) is 0 Å². The zero-order valence-corrected chi connectivity index (χ0v) is 21.1. The van der Waals surface area contributed by atoms with Crippen LogP contribution in [0.4, 0.5) is 0 Å². The Morgan fingerprint density at radius 3 is 1.95 bits per heavy atom. The predicted octanol–water partition coefficient (Wildman–Crippen LogP) is 9.25. The van der Waals surface area contributed by atoms with E-state index in [0.29, 0.717) is 0 Å². The first kappa shape index (κ1) is 20.9. The summed E-state index contributed by atoms with van der Waals surface area (Å²) < 4.78 is 9.16. The molecule has 1 aliphatic heterocycles. The second kappa shape index (κ2) is 7.49. The molecule has 9 rings (SSSR count). The minimum atomic E-state index is -0.434. The van der Waals surface area contributed by atoms with Crippen molar-refractivity contribution in [1.82, 2.24) is 4.57 Å². The van der Waals surface area contributed by atoms with Crippen molar-refractivity contribution in [2.24, 2.45) is 0 Å². The SMILES string of the molecule is c1ccc(C23c4ccc(-n5c6ccccc6c6ccccc65)cc4Oc4cccc(c42)-c2ccccc23)cc1. The van der Waals surface area contributed by atoms with Crippen molar-refractivity contribution in [2.75, 3.05) is 0 Å². The Morgan fingerprint density at radius 2 is 1.15 bits per heavy atom. The zero-order valence-electron chi connectivity index (χ0n) is 21.1. The van der Waals surface area contributed by atoms with Crippen LogP contribution >= 0.6 is 0 Å². The first-order valence-electron chi connectivity index (χ1n) is 13.5. The molecule has 1 aliphatic carbocycles. The maximum absolute atomic E-state index is 6.80. The number of fused-ring (bicyclic) bond motifs is 8. The van der Waals surface area contributed by atoms with Crippen LogP contribution in [0, 0.1) is 0 Å². The minimum Gasteiger partial charge on any atom is -0.457 e. The maximum atomic E-state index is 6.80. The quantitative estimate of drug-likeness (QED) is 0.232. The summed E-state index contributed by atoms with van der Waals surface area (Å²) in [5, 5.41) is 2.51. The normalized spacial score (nSPS) is 16.5. The monoisotopic (exact) mass is 497 g/mol. The van der Waals surface area contributed by atoms with E-state index in [4.69, 9.17) is 4.74 Å². The Balaban J connectivity index is 1.38. The lowest BCUT2D eigenvalue weighted by Gasteiger charge is -2.39. The van der Waals surface area contributed by atoms with Crippen LogP contribution in [0.25, 0.3) is 38.6 Å². The summed E-state index contributed by atoms with van der Waals surface area (Å²) in [5.41, 5.74) is 10.6. The molecular formula is C37H23NO. The Bertz CT molecular complexity index is 2050.